The van der Waals surface area contributed by atoms with Gasteiger partial charge in [0.05, 0.1) is 34.2 Å². The van der Waals surface area contributed by atoms with Crippen LogP contribution in [0.4, 0.5) is 14.6 Å². The lowest BCUT2D eigenvalue weighted by atomic mass is 9.82. The van der Waals surface area contributed by atoms with Gasteiger partial charge in [-0.05, 0) is 62.8 Å². The van der Waals surface area contributed by atoms with E-state index in [1.165, 1.54) is 30.5 Å². The molecule has 1 aliphatic rings. The lowest BCUT2D eigenvalue weighted by Crippen LogP contribution is -2.32. The van der Waals surface area contributed by atoms with Gasteiger partial charge in [-0.3, -0.25) is 9.59 Å². The Morgan fingerprint density at radius 1 is 1.29 bits per heavy atom. The van der Waals surface area contributed by atoms with Crippen LogP contribution in [0.25, 0.3) is 0 Å². The number of anilines is 1. The van der Waals surface area contributed by atoms with Crippen molar-refractivity contribution < 1.29 is 28.2 Å². The second-order valence-electron chi connectivity index (χ2n) is 8.43. The lowest BCUT2D eigenvalue weighted by molar-refractivity contribution is -0.143. The summed E-state index contributed by atoms with van der Waals surface area (Å²) in [4.78, 5) is 27.8. The van der Waals surface area contributed by atoms with Gasteiger partial charge in [-0.25, -0.2) is 4.98 Å². The molecular weight excluding hydrogens is 482 g/mol. The minimum Gasteiger partial charge on any atom is -0.481 e. The number of ether oxygens (including phenoxy) is 1. The van der Waals surface area contributed by atoms with Crippen molar-refractivity contribution in [2.45, 2.75) is 45.3 Å². The molecule has 0 bridgehead atoms. The standard InChI is InChI=1S/C24H25ClF2N4O4/c1-13(18-8-15(10-28)4-7-20(18)35-24(26)27)31-21-19(25)9-17(12-29-21)22(32)30-11-14-2-5-16(6-3-14)23(33)34/h4,7-9,12-14,16,24H,2-3,5-6,11H2,1H3,(H,29,31)(H,30,32)(H,33,34)/t13?,14-,16-. The number of carboxylic acid groups (broad SMARTS) is 1. The number of benzene rings is 1. The summed E-state index contributed by atoms with van der Waals surface area (Å²) < 4.78 is 30.1. The third-order valence-electron chi connectivity index (χ3n) is 6.03. The molecule has 0 aliphatic heterocycles. The van der Waals surface area contributed by atoms with Gasteiger partial charge in [0.25, 0.3) is 5.91 Å². The number of amides is 1. The molecular formula is C24H25ClF2N4O4. The molecule has 1 amide bonds. The molecule has 1 aromatic carbocycles. The third kappa shape index (κ3) is 7.02. The maximum absolute atomic E-state index is 12.8. The summed E-state index contributed by atoms with van der Waals surface area (Å²) in [7, 11) is 0. The van der Waals surface area contributed by atoms with Crippen molar-refractivity contribution in [1.82, 2.24) is 10.3 Å². The molecule has 0 spiro atoms. The number of rotatable bonds is 9. The number of alkyl halides is 2. The van der Waals surface area contributed by atoms with Crippen LogP contribution in [0.15, 0.2) is 30.5 Å². The van der Waals surface area contributed by atoms with E-state index in [1.807, 2.05) is 6.07 Å². The topological polar surface area (TPSA) is 124 Å². The SMILES string of the molecule is CC(Nc1ncc(C(=O)NC[C@H]2CC[C@H](C(=O)O)CC2)cc1Cl)c1cc(C#N)ccc1OC(F)F. The molecule has 1 heterocycles. The fourth-order valence-electron chi connectivity index (χ4n) is 4.06. The molecule has 1 unspecified atom stereocenters. The average Bonchev–Trinajstić information content (AvgIpc) is 2.83. The van der Waals surface area contributed by atoms with E-state index in [1.54, 1.807) is 6.92 Å². The van der Waals surface area contributed by atoms with Crippen LogP contribution in [0.1, 0.15) is 60.1 Å². The van der Waals surface area contributed by atoms with Crippen LogP contribution in [0.3, 0.4) is 0 Å². The Morgan fingerprint density at radius 3 is 2.60 bits per heavy atom. The summed E-state index contributed by atoms with van der Waals surface area (Å²) in [6, 6.07) is 6.93. The number of hydrogen-bond donors (Lipinski definition) is 3. The van der Waals surface area contributed by atoms with E-state index in [4.69, 9.17) is 22.0 Å². The molecule has 1 aromatic heterocycles. The molecule has 8 nitrogen and oxygen atoms in total. The molecule has 1 saturated carbocycles. The molecule has 35 heavy (non-hydrogen) atoms. The summed E-state index contributed by atoms with van der Waals surface area (Å²) in [5, 5.41) is 24.2. The van der Waals surface area contributed by atoms with Gasteiger partial charge in [0.1, 0.15) is 11.6 Å². The van der Waals surface area contributed by atoms with E-state index >= 15 is 0 Å². The summed E-state index contributed by atoms with van der Waals surface area (Å²) in [6.45, 7) is -0.922. The summed E-state index contributed by atoms with van der Waals surface area (Å²) in [5.74, 6) is -1.07. The third-order valence-corrected chi connectivity index (χ3v) is 6.31. The number of aliphatic carboxylic acids is 1. The van der Waals surface area contributed by atoms with E-state index in [0.717, 1.165) is 12.8 Å². The van der Waals surface area contributed by atoms with E-state index in [0.29, 0.717) is 24.9 Å². The minimum absolute atomic E-state index is 0.0801. The first-order chi connectivity index (χ1) is 16.7. The molecule has 2 aromatic rings. The maximum Gasteiger partial charge on any atom is 0.387 e. The zero-order chi connectivity index (χ0) is 25.5. The van der Waals surface area contributed by atoms with Crippen LogP contribution in [-0.2, 0) is 4.79 Å². The Morgan fingerprint density at radius 2 is 2.00 bits per heavy atom. The van der Waals surface area contributed by atoms with Gasteiger partial charge in [0.2, 0.25) is 0 Å². The smallest absolute Gasteiger partial charge is 0.387 e. The molecule has 11 heteroatoms. The second kappa shape index (κ2) is 11.8. The Hall–Kier alpha value is -3.45. The number of nitriles is 1. The number of pyridine rings is 1. The van der Waals surface area contributed by atoms with E-state index in [-0.39, 0.29) is 45.5 Å². The van der Waals surface area contributed by atoms with Crippen molar-refractivity contribution in [3.05, 3.63) is 52.2 Å². The van der Waals surface area contributed by atoms with Crippen LogP contribution >= 0.6 is 11.6 Å². The van der Waals surface area contributed by atoms with Crippen LogP contribution < -0.4 is 15.4 Å². The van der Waals surface area contributed by atoms with Gasteiger partial charge in [0.15, 0.2) is 0 Å². The highest BCUT2D eigenvalue weighted by Gasteiger charge is 2.26. The monoisotopic (exact) mass is 506 g/mol. The first-order valence-corrected chi connectivity index (χ1v) is 11.5. The zero-order valence-corrected chi connectivity index (χ0v) is 19.7. The summed E-state index contributed by atoms with van der Waals surface area (Å²) >= 11 is 6.32. The zero-order valence-electron chi connectivity index (χ0n) is 18.9. The fraction of sp³-hybridized carbons (Fsp3) is 0.417. The van der Waals surface area contributed by atoms with Gasteiger partial charge >= 0.3 is 12.6 Å². The molecule has 0 saturated heterocycles. The highest BCUT2D eigenvalue weighted by molar-refractivity contribution is 6.33. The highest BCUT2D eigenvalue weighted by Crippen LogP contribution is 2.32. The number of nitrogens with zero attached hydrogens (tertiary/aromatic N) is 2. The van der Waals surface area contributed by atoms with Gasteiger partial charge < -0.3 is 20.5 Å². The highest BCUT2D eigenvalue weighted by atomic mass is 35.5. The van der Waals surface area contributed by atoms with Crippen molar-refractivity contribution in [1.29, 1.82) is 5.26 Å². The van der Waals surface area contributed by atoms with Crippen LogP contribution in [0, 0.1) is 23.2 Å². The lowest BCUT2D eigenvalue weighted by Gasteiger charge is -2.26. The number of halogens is 3. The molecule has 0 radical (unpaired) electrons. The van der Waals surface area contributed by atoms with Crippen molar-refractivity contribution in [3.63, 3.8) is 0 Å². The summed E-state index contributed by atoms with van der Waals surface area (Å²) in [6.07, 6.45) is 4.02. The largest absolute Gasteiger partial charge is 0.481 e. The van der Waals surface area contributed by atoms with Crippen LogP contribution in [0.2, 0.25) is 5.02 Å². The fourth-order valence-corrected chi connectivity index (χ4v) is 4.28. The Balaban J connectivity index is 1.63. The number of carbonyl (C=O) groups excluding carboxylic acids is 1. The normalized spacial score (nSPS) is 18.4. The van der Waals surface area contributed by atoms with Gasteiger partial charge in [-0.2, -0.15) is 14.0 Å². The van der Waals surface area contributed by atoms with E-state index in [2.05, 4.69) is 20.4 Å². The Kier molecular flexibility index (Phi) is 8.82. The molecule has 1 atom stereocenters. The quantitative estimate of drug-likeness (QED) is 0.437. The predicted octanol–water partition coefficient (Wildman–Crippen LogP) is 5.00. The average molecular weight is 507 g/mol. The number of aromatic nitrogens is 1. The molecule has 1 aliphatic carbocycles. The van der Waals surface area contributed by atoms with Gasteiger partial charge in [-0.1, -0.05) is 11.6 Å². The number of carbonyl (C=O) groups is 2. The molecule has 3 N–H and O–H groups in total. The summed E-state index contributed by atoms with van der Waals surface area (Å²) in [5.41, 5.74) is 0.847. The number of nitrogens with one attached hydrogen (secondary N) is 2. The predicted molar refractivity (Wildman–Crippen MR) is 124 cm³/mol. The van der Waals surface area contributed by atoms with Crippen LogP contribution in [-0.4, -0.2) is 35.1 Å². The Labute approximate surface area is 206 Å². The van der Waals surface area contributed by atoms with Crippen molar-refractivity contribution >= 4 is 29.3 Å². The van der Waals surface area contributed by atoms with Crippen molar-refractivity contribution in [2.75, 3.05) is 11.9 Å². The molecule has 1 fully saturated rings. The van der Waals surface area contributed by atoms with Crippen LogP contribution in [0.5, 0.6) is 5.75 Å². The first-order valence-electron chi connectivity index (χ1n) is 11.1. The molecule has 186 valence electrons. The first kappa shape index (κ1) is 26.2. The van der Waals surface area contributed by atoms with E-state index in [9.17, 15) is 18.4 Å². The minimum atomic E-state index is -3.03. The Bertz CT molecular complexity index is 1120. The van der Waals surface area contributed by atoms with Gasteiger partial charge in [0, 0.05) is 18.3 Å². The molecule has 3 rings (SSSR count). The second-order valence-corrected chi connectivity index (χ2v) is 8.84. The number of carboxylic acids is 1. The van der Waals surface area contributed by atoms with Crippen molar-refractivity contribution in [2.24, 2.45) is 11.8 Å². The number of hydrogen-bond acceptors (Lipinski definition) is 6. The van der Waals surface area contributed by atoms with Crippen molar-refractivity contribution in [3.8, 4) is 11.8 Å². The maximum atomic E-state index is 12.8. The van der Waals surface area contributed by atoms with Gasteiger partial charge in [-0.15, -0.1) is 0 Å². The van der Waals surface area contributed by atoms with E-state index < -0.39 is 18.6 Å².